The molecule has 2 fully saturated rings. The predicted octanol–water partition coefficient (Wildman–Crippen LogP) is 4.07. The summed E-state index contributed by atoms with van der Waals surface area (Å²) in [5.41, 5.74) is -0.190. The van der Waals surface area contributed by atoms with Gasteiger partial charge < -0.3 is 19.2 Å². The number of ether oxygens (including phenoxy) is 1. The maximum absolute atomic E-state index is 14.8. The van der Waals surface area contributed by atoms with Gasteiger partial charge >= 0.3 is 12.2 Å². The Labute approximate surface area is 181 Å². The molecule has 0 spiro atoms. The highest BCUT2D eigenvalue weighted by atomic mass is 28.4. The number of carboxylic acid groups (broad SMARTS) is 1. The van der Waals surface area contributed by atoms with Crippen LogP contribution in [0, 0.1) is 11.6 Å². The molecule has 1 atom stereocenters. The highest BCUT2D eigenvalue weighted by molar-refractivity contribution is 6.74. The zero-order chi connectivity index (χ0) is 23.3. The molecule has 2 aliphatic rings. The molecular weight excluding hydrogens is 428 g/mol. The molecule has 11 heteroatoms. The average Bonchev–Trinajstić information content (AvgIpc) is 2.98. The Bertz CT molecular complexity index is 863. The van der Waals surface area contributed by atoms with E-state index in [-0.39, 0.29) is 29.1 Å². The second-order valence-electron chi connectivity index (χ2n) is 9.51. The van der Waals surface area contributed by atoms with Crippen LogP contribution in [0.2, 0.25) is 18.1 Å². The lowest BCUT2D eigenvalue weighted by atomic mass is 10.1. The molecule has 0 aliphatic carbocycles. The zero-order valence-corrected chi connectivity index (χ0v) is 19.6. The first-order chi connectivity index (χ1) is 14.2. The van der Waals surface area contributed by atoms with E-state index in [1.807, 2.05) is 0 Å². The Morgan fingerprint density at radius 1 is 1.23 bits per heavy atom. The van der Waals surface area contributed by atoms with Crippen molar-refractivity contribution in [2.75, 3.05) is 36.5 Å². The number of carbonyl (C=O) groups excluding carboxylic acids is 1. The molecule has 3 rings (SSSR count). The van der Waals surface area contributed by atoms with Gasteiger partial charge in [-0.05, 0) is 18.1 Å². The van der Waals surface area contributed by atoms with E-state index in [2.05, 4.69) is 33.9 Å². The van der Waals surface area contributed by atoms with Crippen LogP contribution in [0.25, 0.3) is 0 Å². The molecule has 0 unspecified atom stereocenters. The first-order valence-corrected chi connectivity index (χ1v) is 13.0. The van der Waals surface area contributed by atoms with Gasteiger partial charge in [0.25, 0.3) is 0 Å². The lowest BCUT2D eigenvalue weighted by Crippen LogP contribution is -2.58. The summed E-state index contributed by atoms with van der Waals surface area (Å²) >= 11 is 0. The largest absolute Gasteiger partial charge is 0.465 e. The molecule has 1 aromatic rings. The fraction of sp³-hybridized carbons (Fsp3) is 0.600. The molecular formula is C20H29F2N3O5Si. The van der Waals surface area contributed by atoms with Gasteiger partial charge in [-0.3, -0.25) is 9.80 Å². The average molecular weight is 458 g/mol. The van der Waals surface area contributed by atoms with Gasteiger partial charge in [-0.25, -0.2) is 18.4 Å². The van der Waals surface area contributed by atoms with Crippen molar-refractivity contribution in [1.29, 1.82) is 0 Å². The highest BCUT2D eigenvalue weighted by Crippen LogP contribution is 2.40. The zero-order valence-electron chi connectivity index (χ0n) is 18.6. The highest BCUT2D eigenvalue weighted by Gasteiger charge is 2.43. The molecule has 0 bridgehead atoms. The van der Waals surface area contributed by atoms with Gasteiger partial charge in [0.1, 0.15) is 5.69 Å². The second kappa shape index (κ2) is 7.94. The van der Waals surface area contributed by atoms with E-state index < -0.39 is 38.4 Å². The first-order valence-electron chi connectivity index (χ1n) is 10.1. The van der Waals surface area contributed by atoms with Crippen molar-refractivity contribution in [3.63, 3.8) is 0 Å². The Balaban J connectivity index is 1.70. The van der Waals surface area contributed by atoms with Crippen LogP contribution >= 0.6 is 0 Å². The summed E-state index contributed by atoms with van der Waals surface area (Å²) < 4.78 is 40.9. The van der Waals surface area contributed by atoms with Crippen molar-refractivity contribution in [2.45, 2.75) is 51.2 Å². The summed E-state index contributed by atoms with van der Waals surface area (Å²) in [7, 11) is -0.722. The molecule has 2 amide bonds. The van der Waals surface area contributed by atoms with Gasteiger partial charge in [-0.1, -0.05) is 20.8 Å². The number of halogens is 2. The van der Waals surface area contributed by atoms with E-state index >= 15 is 0 Å². The molecule has 0 aromatic heterocycles. The van der Waals surface area contributed by atoms with Crippen molar-refractivity contribution in [2.24, 2.45) is 0 Å². The minimum atomic E-state index is -1.97. The number of carbonyl (C=O) groups is 2. The Morgan fingerprint density at radius 2 is 1.77 bits per heavy atom. The molecule has 31 heavy (non-hydrogen) atoms. The van der Waals surface area contributed by atoms with Crippen LogP contribution in [0.1, 0.15) is 20.8 Å². The van der Waals surface area contributed by atoms with Crippen molar-refractivity contribution >= 4 is 31.9 Å². The smallest absolute Gasteiger partial charge is 0.416 e. The number of anilines is 2. The minimum Gasteiger partial charge on any atom is -0.465 e. The normalized spacial score (nSPS) is 20.0. The summed E-state index contributed by atoms with van der Waals surface area (Å²) in [4.78, 5) is 26.6. The van der Waals surface area contributed by atoms with Crippen molar-refractivity contribution in [3.05, 3.63) is 23.8 Å². The fourth-order valence-electron chi connectivity index (χ4n) is 3.28. The van der Waals surface area contributed by atoms with E-state index in [1.54, 1.807) is 4.90 Å². The molecule has 1 aromatic carbocycles. The Kier molecular flexibility index (Phi) is 5.96. The Hall–Kier alpha value is -2.40. The van der Waals surface area contributed by atoms with E-state index in [0.717, 1.165) is 21.9 Å². The summed E-state index contributed by atoms with van der Waals surface area (Å²) in [5, 5.41) is 9.07. The number of nitrogens with zero attached hydrogens (tertiary/aromatic N) is 3. The maximum Gasteiger partial charge on any atom is 0.416 e. The van der Waals surface area contributed by atoms with Crippen LogP contribution in [-0.2, 0) is 9.16 Å². The third-order valence-electron chi connectivity index (χ3n) is 6.27. The molecule has 8 nitrogen and oxygen atoms in total. The SMILES string of the molecule is CN(C(=O)O)[C@@H]1CN(c2cc(F)c(N3CC(O[Si](C)(C)C(C)(C)C)C3)c(F)c2)C(=O)O1. The number of rotatable bonds is 5. The minimum absolute atomic E-state index is 0.0281. The number of amides is 2. The lowest BCUT2D eigenvalue weighted by molar-refractivity contribution is 0.0415. The van der Waals surface area contributed by atoms with Crippen LogP contribution < -0.4 is 9.80 Å². The van der Waals surface area contributed by atoms with Gasteiger partial charge in [0.05, 0.1) is 18.3 Å². The standard InChI is InChI=1S/C20H29F2N3O5Si/c1-20(2,3)31(5,6)30-13-9-24(10-13)17-14(21)7-12(8-15(17)22)25-11-16(29-19(25)28)23(4)18(26)27/h7-8,13,16H,9-11H2,1-6H3,(H,26,27)/t16-/m0/s1. The van der Waals surface area contributed by atoms with Crippen LogP contribution in [0.15, 0.2) is 12.1 Å². The second-order valence-corrected chi connectivity index (χ2v) is 14.3. The third kappa shape index (κ3) is 4.47. The molecule has 172 valence electrons. The van der Waals surface area contributed by atoms with Crippen molar-refractivity contribution < 1.29 is 32.6 Å². The van der Waals surface area contributed by atoms with Crippen LogP contribution in [0.5, 0.6) is 0 Å². The third-order valence-corrected chi connectivity index (χ3v) is 10.8. The number of cyclic esters (lactones) is 1. The van der Waals surface area contributed by atoms with Crippen LogP contribution in [0.4, 0.5) is 29.7 Å². The van der Waals surface area contributed by atoms with E-state index in [9.17, 15) is 18.4 Å². The number of hydrogen-bond acceptors (Lipinski definition) is 5. The summed E-state index contributed by atoms with van der Waals surface area (Å²) in [6.45, 7) is 11.3. The summed E-state index contributed by atoms with van der Waals surface area (Å²) in [6, 6.07) is 2.12. The topological polar surface area (TPSA) is 82.6 Å². The van der Waals surface area contributed by atoms with Gasteiger partial charge in [0.15, 0.2) is 26.2 Å². The van der Waals surface area contributed by atoms with E-state index in [4.69, 9.17) is 14.3 Å². The quantitative estimate of drug-likeness (QED) is 0.672. The fourth-order valence-corrected chi connectivity index (χ4v) is 4.62. The number of likely N-dealkylation sites (N-methyl/N-ethyl adjacent to an activating group) is 1. The van der Waals surface area contributed by atoms with Crippen molar-refractivity contribution in [1.82, 2.24) is 4.90 Å². The monoisotopic (exact) mass is 457 g/mol. The molecule has 2 saturated heterocycles. The van der Waals surface area contributed by atoms with Gasteiger partial charge in [0.2, 0.25) is 0 Å². The summed E-state index contributed by atoms with van der Waals surface area (Å²) in [5.74, 6) is -1.60. The molecule has 1 N–H and O–H groups in total. The van der Waals surface area contributed by atoms with Gasteiger partial charge in [-0.15, -0.1) is 0 Å². The molecule has 2 aliphatic heterocycles. The number of benzene rings is 1. The van der Waals surface area contributed by atoms with Crippen LogP contribution in [0.3, 0.4) is 0 Å². The molecule has 0 saturated carbocycles. The van der Waals surface area contributed by atoms with Crippen molar-refractivity contribution in [3.8, 4) is 0 Å². The predicted molar refractivity (Wildman–Crippen MR) is 114 cm³/mol. The van der Waals surface area contributed by atoms with Gasteiger partial charge in [-0.2, -0.15) is 0 Å². The van der Waals surface area contributed by atoms with Gasteiger partial charge in [0, 0.05) is 32.3 Å². The molecule has 0 radical (unpaired) electrons. The number of hydrogen-bond donors (Lipinski definition) is 1. The Morgan fingerprint density at radius 3 is 2.26 bits per heavy atom. The summed E-state index contributed by atoms with van der Waals surface area (Å²) in [6.07, 6.45) is -3.28. The van der Waals surface area contributed by atoms with E-state index in [0.29, 0.717) is 13.1 Å². The van der Waals surface area contributed by atoms with Crippen LogP contribution in [-0.4, -0.2) is 69.5 Å². The first kappa shape index (κ1) is 23.3. The maximum atomic E-state index is 14.8. The van der Waals surface area contributed by atoms with E-state index in [1.165, 1.54) is 7.05 Å². The lowest BCUT2D eigenvalue weighted by Gasteiger charge is -2.47. The molecule has 2 heterocycles.